The molecule has 0 atom stereocenters. The van der Waals surface area contributed by atoms with Gasteiger partial charge >= 0.3 is 0 Å². The van der Waals surface area contributed by atoms with Gasteiger partial charge in [-0.15, -0.1) is 11.8 Å². The lowest BCUT2D eigenvalue weighted by atomic mass is 10.1. The number of carbonyl (C=O) groups is 1. The summed E-state index contributed by atoms with van der Waals surface area (Å²) in [5.41, 5.74) is 3.28. The van der Waals surface area contributed by atoms with Gasteiger partial charge < -0.3 is 0 Å². The zero-order chi connectivity index (χ0) is 14.7. The molecule has 2 aromatic carbocycles. The maximum Gasteiger partial charge on any atom is 0.150 e. The first-order chi connectivity index (χ1) is 9.49. The van der Waals surface area contributed by atoms with E-state index in [1.807, 2.05) is 32.0 Å². The topological polar surface area (TPSA) is 17.1 Å². The lowest BCUT2D eigenvalue weighted by Crippen LogP contribution is -1.93. The van der Waals surface area contributed by atoms with E-state index < -0.39 is 11.6 Å². The first-order valence-corrected chi connectivity index (χ1v) is 7.12. The number of rotatable bonds is 4. The van der Waals surface area contributed by atoms with E-state index in [1.165, 1.54) is 0 Å². The van der Waals surface area contributed by atoms with E-state index >= 15 is 0 Å². The van der Waals surface area contributed by atoms with Gasteiger partial charge in [0.2, 0.25) is 0 Å². The van der Waals surface area contributed by atoms with Gasteiger partial charge in [-0.3, -0.25) is 4.79 Å². The molecule has 0 bridgehead atoms. The molecule has 0 unspecified atom stereocenters. The smallest absolute Gasteiger partial charge is 0.150 e. The summed E-state index contributed by atoms with van der Waals surface area (Å²) < 4.78 is 27.5. The number of carbonyl (C=O) groups excluding carboxylic acids is 1. The van der Waals surface area contributed by atoms with Crippen molar-refractivity contribution in [3.8, 4) is 0 Å². The average Bonchev–Trinajstić information content (AvgIpc) is 2.36. The van der Waals surface area contributed by atoms with Crippen LogP contribution in [0.2, 0.25) is 0 Å². The quantitative estimate of drug-likeness (QED) is 0.601. The monoisotopic (exact) mass is 292 g/mol. The number of hydrogen-bond donors (Lipinski definition) is 0. The van der Waals surface area contributed by atoms with Crippen molar-refractivity contribution in [1.29, 1.82) is 0 Å². The molecular weight excluding hydrogens is 278 g/mol. The second kappa shape index (κ2) is 6.18. The van der Waals surface area contributed by atoms with Crippen LogP contribution in [0.5, 0.6) is 0 Å². The van der Waals surface area contributed by atoms with E-state index in [-0.39, 0.29) is 10.5 Å². The van der Waals surface area contributed by atoms with Crippen molar-refractivity contribution in [2.45, 2.75) is 24.5 Å². The van der Waals surface area contributed by atoms with Crippen LogP contribution in [0.4, 0.5) is 8.78 Å². The highest BCUT2D eigenvalue weighted by Gasteiger charge is 2.12. The van der Waals surface area contributed by atoms with Crippen LogP contribution in [-0.4, -0.2) is 6.29 Å². The highest BCUT2D eigenvalue weighted by Crippen LogP contribution is 2.29. The summed E-state index contributed by atoms with van der Waals surface area (Å²) in [6.07, 6.45) is 0.435. The first-order valence-electron chi connectivity index (χ1n) is 6.14. The molecule has 0 aliphatic heterocycles. The number of aryl methyl sites for hydroxylation is 2. The van der Waals surface area contributed by atoms with Crippen LogP contribution in [0.15, 0.2) is 35.2 Å². The molecule has 0 spiro atoms. The van der Waals surface area contributed by atoms with E-state index in [2.05, 4.69) is 0 Å². The van der Waals surface area contributed by atoms with Gasteiger partial charge in [-0.1, -0.05) is 29.3 Å². The van der Waals surface area contributed by atoms with Gasteiger partial charge in [0, 0.05) is 11.3 Å². The van der Waals surface area contributed by atoms with E-state index in [1.54, 1.807) is 0 Å². The van der Waals surface area contributed by atoms with Crippen LogP contribution in [0.1, 0.15) is 27.0 Å². The molecule has 0 fully saturated rings. The Morgan fingerprint density at radius 3 is 2.05 bits per heavy atom. The molecule has 0 aromatic heterocycles. The highest BCUT2D eigenvalue weighted by atomic mass is 32.2. The van der Waals surface area contributed by atoms with Gasteiger partial charge in [0.05, 0.1) is 4.90 Å². The minimum atomic E-state index is -0.693. The van der Waals surface area contributed by atoms with E-state index in [4.69, 9.17) is 0 Å². The Labute approximate surface area is 121 Å². The van der Waals surface area contributed by atoms with Crippen LogP contribution in [0.25, 0.3) is 0 Å². The predicted octanol–water partition coefficient (Wildman–Crippen LogP) is 4.69. The van der Waals surface area contributed by atoms with Crippen molar-refractivity contribution in [3.05, 3.63) is 64.2 Å². The molecule has 0 saturated carbocycles. The van der Waals surface area contributed by atoms with E-state index in [0.717, 1.165) is 40.6 Å². The molecule has 0 heterocycles. The third-order valence-corrected chi connectivity index (χ3v) is 3.98. The second-order valence-corrected chi connectivity index (χ2v) is 5.70. The number of benzene rings is 2. The molecule has 0 radical (unpaired) electrons. The number of hydrogen-bond acceptors (Lipinski definition) is 2. The van der Waals surface area contributed by atoms with Gasteiger partial charge in [-0.05, 0) is 31.5 Å². The molecule has 0 aliphatic carbocycles. The Balaban J connectivity index is 2.20. The Kier molecular flexibility index (Phi) is 4.55. The van der Waals surface area contributed by atoms with Gasteiger partial charge in [-0.2, -0.15) is 0 Å². The predicted molar refractivity (Wildman–Crippen MR) is 77.2 cm³/mol. The summed E-state index contributed by atoms with van der Waals surface area (Å²) in [6.45, 7) is 3.97. The van der Waals surface area contributed by atoms with E-state index in [9.17, 15) is 13.6 Å². The molecular formula is C16H14F2OS. The zero-order valence-electron chi connectivity index (χ0n) is 11.2. The molecule has 104 valence electrons. The fourth-order valence-corrected chi connectivity index (χ4v) is 2.96. The molecule has 0 N–H and O–H groups in total. The van der Waals surface area contributed by atoms with E-state index in [0.29, 0.717) is 12.0 Å². The summed E-state index contributed by atoms with van der Waals surface area (Å²) in [4.78, 5) is 10.5. The largest absolute Gasteiger partial charge is 0.298 e. The van der Waals surface area contributed by atoms with Crippen molar-refractivity contribution in [2.24, 2.45) is 0 Å². The average molecular weight is 292 g/mol. The minimum Gasteiger partial charge on any atom is -0.298 e. The van der Waals surface area contributed by atoms with Crippen molar-refractivity contribution in [2.75, 3.05) is 0 Å². The number of thioether (sulfide) groups is 1. The lowest BCUT2D eigenvalue weighted by molar-refractivity contribution is 0.112. The molecule has 1 nitrogen and oxygen atoms in total. The summed E-state index contributed by atoms with van der Waals surface area (Å²) in [5.74, 6) is -0.903. The summed E-state index contributed by atoms with van der Waals surface area (Å²) >= 11 is 1.10. The summed E-state index contributed by atoms with van der Waals surface area (Å²) in [5, 5.41) is 0. The number of halogens is 2. The summed E-state index contributed by atoms with van der Waals surface area (Å²) in [6, 6.07) is 8.15. The van der Waals surface area contributed by atoms with Crippen LogP contribution in [-0.2, 0) is 5.75 Å². The molecule has 0 amide bonds. The molecule has 20 heavy (non-hydrogen) atoms. The fraction of sp³-hybridized carbons (Fsp3) is 0.188. The van der Waals surface area contributed by atoms with Crippen LogP contribution in [0, 0.1) is 25.5 Å². The summed E-state index contributed by atoms with van der Waals surface area (Å²) in [7, 11) is 0. The molecule has 2 rings (SSSR count). The SMILES string of the molecule is Cc1cc(C)cc(CSc2c(F)cc(C=O)cc2F)c1. The third-order valence-electron chi connectivity index (χ3n) is 2.82. The molecule has 4 heteroatoms. The van der Waals surface area contributed by atoms with Crippen molar-refractivity contribution < 1.29 is 13.6 Å². The Hall–Kier alpha value is -1.68. The first kappa shape index (κ1) is 14.7. The zero-order valence-corrected chi connectivity index (χ0v) is 12.1. The lowest BCUT2D eigenvalue weighted by Gasteiger charge is -2.07. The van der Waals surface area contributed by atoms with Gasteiger partial charge in [0.1, 0.15) is 17.9 Å². The normalized spacial score (nSPS) is 10.6. The van der Waals surface area contributed by atoms with Gasteiger partial charge in [-0.25, -0.2) is 8.78 Å². The van der Waals surface area contributed by atoms with Crippen LogP contribution in [0.3, 0.4) is 0 Å². The molecule has 0 saturated heterocycles. The van der Waals surface area contributed by atoms with Crippen LogP contribution >= 0.6 is 11.8 Å². The fourth-order valence-electron chi connectivity index (χ4n) is 2.09. The molecule has 2 aromatic rings. The van der Waals surface area contributed by atoms with Crippen LogP contribution < -0.4 is 0 Å². The van der Waals surface area contributed by atoms with Gasteiger partial charge in [0.25, 0.3) is 0 Å². The number of aldehydes is 1. The Bertz CT molecular complexity index is 610. The van der Waals surface area contributed by atoms with Crippen molar-refractivity contribution in [1.82, 2.24) is 0 Å². The van der Waals surface area contributed by atoms with Crippen molar-refractivity contribution >= 4 is 18.0 Å². The highest BCUT2D eigenvalue weighted by molar-refractivity contribution is 7.98. The van der Waals surface area contributed by atoms with Gasteiger partial charge in [0.15, 0.2) is 0 Å². The minimum absolute atomic E-state index is 0.00995. The molecule has 0 aliphatic rings. The second-order valence-electron chi connectivity index (χ2n) is 4.72. The maximum absolute atomic E-state index is 13.7. The standard InChI is InChI=1S/C16H14F2OS/c1-10-3-11(2)5-13(4-10)9-20-16-14(17)6-12(8-19)7-15(16)18/h3-8H,9H2,1-2H3. The Morgan fingerprint density at radius 2 is 1.55 bits per heavy atom. The maximum atomic E-state index is 13.7. The van der Waals surface area contributed by atoms with Crippen molar-refractivity contribution in [3.63, 3.8) is 0 Å². The Morgan fingerprint density at radius 1 is 1.00 bits per heavy atom. The third kappa shape index (κ3) is 3.45.